The topological polar surface area (TPSA) is 86.8 Å². The van der Waals surface area contributed by atoms with Gasteiger partial charge in [0.05, 0.1) is 32.0 Å². The zero-order valence-corrected chi connectivity index (χ0v) is 24.5. The van der Waals surface area contributed by atoms with Gasteiger partial charge in [0.2, 0.25) is 21.8 Å². The Kier molecular flexibility index (Phi) is 10.4. The van der Waals surface area contributed by atoms with E-state index in [1.807, 2.05) is 20.8 Å². The Hall–Kier alpha value is -1.71. The van der Waals surface area contributed by atoms with Gasteiger partial charge in [0, 0.05) is 12.1 Å². The lowest BCUT2D eigenvalue weighted by Crippen LogP contribution is -2.55. The first-order chi connectivity index (χ1) is 16.5. The quantitative estimate of drug-likeness (QED) is 0.397. The maximum absolute atomic E-state index is 13.7. The Morgan fingerprint density at radius 2 is 1.50 bits per heavy atom. The molecule has 0 fully saturated rings. The summed E-state index contributed by atoms with van der Waals surface area (Å²) in [7, 11) is -3.90. The number of amides is 2. The summed E-state index contributed by atoms with van der Waals surface area (Å²) in [5, 5.41) is 3.92. The van der Waals surface area contributed by atoms with Crippen LogP contribution >= 0.6 is 46.4 Å². The minimum absolute atomic E-state index is 0.00473. The number of hydrogen-bond donors (Lipinski definition) is 1. The van der Waals surface area contributed by atoms with E-state index in [2.05, 4.69) is 5.32 Å². The molecule has 2 aromatic rings. The van der Waals surface area contributed by atoms with E-state index in [0.29, 0.717) is 22.0 Å². The Balaban J connectivity index is 2.50. The molecule has 198 valence electrons. The van der Waals surface area contributed by atoms with E-state index in [-0.39, 0.29) is 28.2 Å². The van der Waals surface area contributed by atoms with Crippen molar-refractivity contribution in [3.8, 4) is 0 Å². The molecule has 1 atom stereocenters. The lowest BCUT2D eigenvalue weighted by molar-refractivity contribution is -0.141. The largest absolute Gasteiger partial charge is 0.350 e. The molecule has 0 unspecified atom stereocenters. The van der Waals surface area contributed by atoms with Crippen molar-refractivity contribution in [1.82, 2.24) is 10.2 Å². The molecule has 0 saturated carbocycles. The van der Waals surface area contributed by atoms with Crippen LogP contribution in [-0.4, -0.2) is 49.5 Å². The van der Waals surface area contributed by atoms with Crippen LogP contribution in [0.2, 0.25) is 20.1 Å². The molecule has 0 spiro atoms. The third-order valence-electron chi connectivity index (χ3n) is 5.09. The highest BCUT2D eigenvalue weighted by atomic mass is 35.5. The van der Waals surface area contributed by atoms with Gasteiger partial charge in [-0.3, -0.25) is 13.9 Å². The van der Waals surface area contributed by atoms with Gasteiger partial charge in [-0.2, -0.15) is 0 Å². The first-order valence-corrected chi connectivity index (χ1v) is 14.4. The number of carbonyl (C=O) groups excluding carboxylic acids is 2. The summed E-state index contributed by atoms with van der Waals surface area (Å²) < 4.78 is 26.2. The summed E-state index contributed by atoms with van der Waals surface area (Å²) in [5.74, 6) is -0.952. The van der Waals surface area contributed by atoms with Crippen LogP contribution in [0.5, 0.6) is 0 Å². The number of nitrogens with zero attached hydrogens (tertiary/aromatic N) is 2. The van der Waals surface area contributed by atoms with Crippen LogP contribution in [0.25, 0.3) is 0 Å². The number of rotatable bonds is 9. The fraction of sp³-hybridized carbons (Fsp3) is 0.417. The van der Waals surface area contributed by atoms with Gasteiger partial charge in [-0.25, -0.2) is 8.42 Å². The van der Waals surface area contributed by atoms with E-state index < -0.39 is 34.1 Å². The highest BCUT2D eigenvalue weighted by Crippen LogP contribution is 2.29. The predicted octanol–water partition coefficient (Wildman–Crippen LogP) is 5.79. The fourth-order valence-corrected chi connectivity index (χ4v) is 4.92. The van der Waals surface area contributed by atoms with Crippen LogP contribution in [0.15, 0.2) is 36.4 Å². The van der Waals surface area contributed by atoms with E-state index in [1.165, 1.54) is 23.1 Å². The average Bonchev–Trinajstić information content (AvgIpc) is 2.74. The molecule has 0 aliphatic carbocycles. The van der Waals surface area contributed by atoms with Gasteiger partial charge >= 0.3 is 0 Å². The molecule has 2 rings (SSSR count). The zero-order chi connectivity index (χ0) is 27.4. The standard InChI is InChI=1S/C24H29Cl4N3O4S/c1-6-21(23(33)29-24(2,3)4)30(13-15-7-9-17(25)19(27)11-15)22(32)14-31(36(5,34)35)16-8-10-18(26)20(28)12-16/h7-12,21H,6,13-14H2,1-5H3,(H,29,33)/t21-/m0/s1. The number of carbonyl (C=O) groups is 2. The maximum atomic E-state index is 13.7. The van der Waals surface area contributed by atoms with Crippen LogP contribution in [0, 0.1) is 0 Å². The summed E-state index contributed by atoms with van der Waals surface area (Å²) in [6.45, 7) is 6.72. The van der Waals surface area contributed by atoms with Crippen molar-refractivity contribution in [3.05, 3.63) is 62.1 Å². The molecule has 0 bridgehead atoms. The van der Waals surface area contributed by atoms with Gasteiger partial charge in [-0.05, 0) is 63.1 Å². The molecule has 0 radical (unpaired) electrons. The summed E-state index contributed by atoms with van der Waals surface area (Å²) in [6, 6.07) is 8.28. The van der Waals surface area contributed by atoms with Gasteiger partial charge in [0.15, 0.2) is 0 Å². The highest BCUT2D eigenvalue weighted by molar-refractivity contribution is 7.92. The smallest absolute Gasteiger partial charge is 0.244 e. The molecule has 36 heavy (non-hydrogen) atoms. The van der Waals surface area contributed by atoms with Crippen LogP contribution in [0.1, 0.15) is 39.7 Å². The minimum atomic E-state index is -3.90. The van der Waals surface area contributed by atoms with Crippen LogP contribution < -0.4 is 9.62 Å². The Labute approximate surface area is 232 Å². The molecule has 0 heterocycles. The molecule has 0 aromatic heterocycles. The minimum Gasteiger partial charge on any atom is -0.350 e. The number of sulfonamides is 1. The van der Waals surface area contributed by atoms with Crippen LogP contribution in [0.3, 0.4) is 0 Å². The molecule has 2 amide bonds. The molecule has 0 aliphatic heterocycles. The van der Waals surface area contributed by atoms with E-state index in [4.69, 9.17) is 46.4 Å². The third-order valence-corrected chi connectivity index (χ3v) is 7.71. The van der Waals surface area contributed by atoms with Crippen molar-refractivity contribution in [3.63, 3.8) is 0 Å². The number of hydrogen-bond acceptors (Lipinski definition) is 4. The first kappa shape index (κ1) is 30.5. The maximum Gasteiger partial charge on any atom is 0.244 e. The summed E-state index contributed by atoms with van der Waals surface area (Å²) in [4.78, 5) is 28.2. The van der Waals surface area contributed by atoms with Gasteiger partial charge in [0.25, 0.3) is 0 Å². The van der Waals surface area contributed by atoms with Gasteiger partial charge in [-0.1, -0.05) is 59.4 Å². The second kappa shape index (κ2) is 12.2. The Morgan fingerprint density at radius 3 is 1.97 bits per heavy atom. The van der Waals surface area contributed by atoms with Crippen molar-refractivity contribution >= 4 is 73.9 Å². The van der Waals surface area contributed by atoms with E-state index in [1.54, 1.807) is 25.1 Å². The van der Waals surface area contributed by atoms with E-state index in [0.717, 1.165) is 10.6 Å². The predicted molar refractivity (Wildman–Crippen MR) is 148 cm³/mol. The number of halogens is 4. The molecule has 1 N–H and O–H groups in total. The molecular formula is C24H29Cl4N3O4S. The fourth-order valence-electron chi connectivity index (χ4n) is 3.46. The first-order valence-electron chi connectivity index (χ1n) is 11.0. The molecular weight excluding hydrogens is 568 g/mol. The number of anilines is 1. The lowest BCUT2D eigenvalue weighted by atomic mass is 10.1. The van der Waals surface area contributed by atoms with Crippen LogP contribution in [0.4, 0.5) is 5.69 Å². The molecule has 7 nitrogen and oxygen atoms in total. The van der Waals surface area contributed by atoms with Crippen molar-refractivity contribution in [1.29, 1.82) is 0 Å². The molecule has 2 aromatic carbocycles. The number of nitrogens with one attached hydrogen (secondary N) is 1. The summed E-state index contributed by atoms with van der Waals surface area (Å²) >= 11 is 24.3. The normalized spacial score (nSPS) is 12.7. The van der Waals surface area contributed by atoms with Gasteiger partial charge in [0.1, 0.15) is 12.6 Å². The second-order valence-corrected chi connectivity index (χ2v) is 12.8. The lowest BCUT2D eigenvalue weighted by Gasteiger charge is -2.34. The van der Waals surface area contributed by atoms with Crippen molar-refractivity contribution in [2.24, 2.45) is 0 Å². The second-order valence-electron chi connectivity index (χ2n) is 9.30. The summed E-state index contributed by atoms with van der Waals surface area (Å²) in [6.07, 6.45) is 1.27. The SMILES string of the molecule is CC[C@@H](C(=O)NC(C)(C)C)N(Cc1ccc(Cl)c(Cl)c1)C(=O)CN(c1ccc(Cl)c(Cl)c1)S(C)(=O)=O. The molecule has 0 saturated heterocycles. The highest BCUT2D eigenvalue weighted by Gasteiger charge is 2.33. The van der Waals surface area contributed by atoms with Crippen LogP contribution in [-0.2, 0) is 26.2 Å². The third kappa shape index (κ3) is 8.42. The van der Waals surface area contributed by atoms with Gasteiger partial charge in [-0.15, -0.1) is 0 Å². The van der Waals surface area contributed by atoms with Crippen molar-refractivity contribution in [2.75, 3.05) is 17.1 Å². The average molecular weight is 597 g/mol. The molecule has 0 aliphatic rings. The monoisotopic (exact) mass is 595 g/mol. The van der Waals surface area contributed by atoms with Gasteiger partial charge < -0.3 is 10.2 Å². The molecule has 12 heteroatoms. The van der Waals surface area contributed by atoms with E-state index in [9.17, 15) is 18.0 Å². The van der Waals surface area contributed by atoms with Crippen molar-refractivity contribution < 1.29 is 18.0 Å². The summed E-state index contributed by atoms with van der Waals surface area (Å²) in [5.41, 5.74) is 0.254. The number of benzene rings is 2. The Morgan fingerprint density at radius 1 is 0.944 bits per heavy atom. The zero-order valence-electron chi connectivity index (χ0n) is 20.6. The van der Waals surface area contributed by atoms with E-state index >= 15 is 0 Å². The van der Waals surface area contributed by atoms with Crippen molar-refractivity contribution in [2.45, 2.75) is 52.2 Å². The Bertz CT molecular complexity index is 1230.